The van der Waals surface area contributed by atoms with Crippen molar-refractivity contribution in [1.82, 2.24) is 15.0 Å². The molecular weight excluding hydrogens is 376 g/mol. The number of pyridine rings is 1. The monoisotopic (exact) mass is 389 g/mol. The normalized spacial score (nSPS) is 10.7. The molecule has 4 rings (SSSR count). The number of aromatic amines is 1. The van der Waals surface area contributed by atoms with E-state index >= 15 is 0 Å². The summed E-state index contributed by atoms with van der Waals surface area (Å²) >= 11 is 0. The molecule has 29 heavy (non-hydrogen) atoms. The van der Waals surface area contributed by atoms with Gasteiger partial charge in [0.05, 0.1) is 27.9 Å². The number of aryl methyl sites for hydroxylation is 1. The second-order valence-electron chi connectivity index (χ2n) is 6.34. The molecule has 0 atom stereocenters. The van der Waals surface area contributed by atoms with Crippen LogP contribution in [-0.4, -0.2) is 20.9 Å². The average Bonchev–Trinajstić information content (AvgIpc) is 3.12. The van der Waals surface area contributed by atoms with Crippen LogP contribution < -0.4 is 5.32 Å². The van der Waals surface area contributed by atoms with Crippen molar-refractivity contribution in [3.05, 3.63) is 77.1 Å². The third-order valence-corrected chi connectivity index (χ3v) is 4.36. The second-order valence-corrected chi connectivity index (χ2v) is 6.34. The van der Waals surface area contributed by atoms with Gasteiger partial charge in [-0.1, -0.05) is 0 Å². The predicted octanol–water partition coefficient (Wildman–Crippen LogP) is 4.34. The van der Waals surface area contributed by atoms with Crippen molar-refractivity contribution in [2.75, 3.05) is 5.32 Å². The Labute approximate surface area is 163 Å². The van der Waals surface area contributed by atoms with Gasteiger partial charge in [-0.15, -0.1) is 0 Å². The van der Waals surface area contributed by atoms with Crippen molar-refractivity contribution in [3.8, 4) is 17.5 Å². The molecule has 142 valence electrons. The average molecular weight is 389 g/mol. The number of nitrogens with zero attached hydrogens (tertiary/aromatic N) is 3. The van der Waals surface area contributed by atoms with Crippen LogP contribution in [0.4, 0.5) is 14.5 Å². The molecule has 8 heteroatoms. The molecule has 0 aliphatic rings. The van der Waals surface area contributed by atoms with E-state index in [1.807, 2.05) is 6.07 Å². The SMILES string of the molecule is Cc1nc(C(=O)Nc2ccc3nc(-c4cc(F)ccc4F)[nH]c3c2)ccc1C#N. The lowest BCUT2D eigenvalue weighted by Crippen LogP contribution is -2.14. The van der Waals surface area contributed by atoms with Crippen molar-refractivity contribution in [2.45, 2.75) is 6.92 Å². The summed E-state index contributed by atoms with van der Waals surface area (Å²) in [5, 5.41) is 11.7. The molecule has 0 aliphatic heterocycles. The van der Waals surface area contributed by atoms with Gasteiger partial charge in [0.1, 0.15) is 29.2 Å². The fourth-order valence-corrected chi connectivity index (χ4v) is 2.89. The van der Waals surface area contributed by atoms with Crippen molar-refractivity contribution >= 4 is 22.6 Å². The molecule has 4 aromatic rings. The second kappa shape index (κ2) is 7.13. The zero-order chi connectivity index (χ0) is 20.5. The fraction of sp³-hybridized carbons (Fsp3) is 0.0476. The molecule has 0 radical (unpaired) electrons. The number of rotatable bonds is 3. The Hall–Kier alpha value is -4.12. The summed E-state index contributed by atoms with van der Waals surface area (Å²) in [6, 6.07) is 13.1. The lowest BCUT2D eigenvalue weighted by atomic mass is 10.2. The van der Waals surface area contributed by atoms with Crippen molar-refractivity contribution in [2.24, 2.45) is 0 Å². The maximum absolute atomic E-state index is 14.0. The number of nitrogens with one attached hydrogen (secondary N) is 2. The van der Waals surface area contributed by atoms with Gasteiger partial charge in [0.15, 0.2) is 0 Å². The van der Waals surface area contributed by atoms with Crippen LogP contribution in [0.1, 0.15) is 21.7 Å². The van der Waals surface area contributed by atoms with Crippen molar-refractivity contribution in [3.63, 3.8) is 0 Å². The number of H-pyrrole nitrogens is 1. The molecular formula is C21H13F2N5O. The first-order chi connectivity index (χ1) is 13.9. The van der Waals surface area contributed by atoms with E-state index in [0.29, 0.717) is 28.0 Å². The summed E-state index contributed by atoms with van der Waals surface area (Å²) in [4.78, 5) is 23.8. The molecule has 0 spiro atoms. The predicted molar refractivity (Wildman–Crippen MR) is 103 cm³/mol. The Morgan fingerprint density at radius 2 is 1.93 bits per heavy atom. The highest BCUT2D eigenvalue weighted by atomic mass is 19.1. The Bertz CT molecular complexity index is 1310. The van der Waals surface area contributed by atoms with Crippen molar-refractivity contribution < 1.29 is 13.6 Å². The van der Waals surface area contributed by atoms with Gasteiger partial charge in [0.25, 0.3) is 5.91 Å². The largest absolute Gasteiger partial charge is 0.338 e. The summed E-state index contributed by atoms with van der Waals surface area (Å²) in [7, 11) is 0. The molecule has 0 unspecified atom stereocenters. The third kappa shape index (κ3) is 3.53. The van der Waals surface area contributed by atoms with Crippen LogP contribution in [0.15, 0.2) is 48.5 Å². The van der Waals surface area contributed by atoms with E-state index in [1.54, 1.807) is 25.1 Å². The van der Waals surface area contributed by atoms with Crippen LogP contribution in [-0.2, 0) is 0 Å². The molecule has 1 amide bonds. The maximum atomic E-state index is 14.0. The van der Waals surface area contributed by atoms with E-state index in [-0.39, 0.29) is 17.1 Å². The highest BCUT2D eigenvalue weighted by molar-refractivity contribution is 6.03. The summed E-state index contributed by atoms with van der Waals surface area (Å²) < 4.78 is 27.5. The van der Waals surface area contributed by atoms with Crippen LogP contribution >= 0.6 is 0 Å². The van der Waals surface area contributed by atoms with E-state index in [0.717, 1.165) is 18.2 Å². The first-order valence-electron chi connectivity index (χ1n) is 8.59. The highest BCUT2D eigenvalue weighted by Crippen LogP contribution is 2.25. The smallest absolute Gasteiger partial charge is 0.274 e. The molecule has 0 saturated heterocycles. The van der Waals surface area contributed by atoms with Gasteiger partial charge in [-0.05, 0) is 55.5 Å². The van der Waals surface area contributed by atoms with Gasteiger partial charge in [0, 0.05) is 5.69 Å². The van der Waals surface area contributed by atoms with Gasteiger partial charge >= 0.3 is 0 Å². The molecule has 2 N–H and O–H groups in total. The number of carbonyl (C=O) groups excluding carboxylic acids is 1. The number of hydrogen-bond donors (Lipinski definition) is 2. The van der Waals surface area contributed by atoms with E-state index in [1.165, 1.54) is 12.1 Å². The fourth-order valence-electron chi connectivity index (χ4n) is 2.89. The Balaban J connectivity index is 1.62. The van der Waals surface area contributed by atoms with Crippen LogP contribution in [0, 0.1) is 29.9 Å². The highest BCUT2D eigenvalue weighted by Gasteiger charge is 2.13. The molecule has 6 nitrogen and oxygen atoms in total. The number of fused-ring (bicyclic) bond motifs is 1. The lowest BCUT2D eigenvalue weighted by molar-refractivity contribution is 0.102. The minimum Gasteiger partial charge on any atom is -0.338 e. The summed E-state index contributed by atoms with van der Waals surface area (Å²) in [6.07, 6.45) is 0. The molecule has 0 aliphatic carbocycles. The van der Waals surface area contributed by atoms with Gasteiger partial charge in [-0.3, -0.25) is 4.79 Å². The third-order valence-electron chi connectivity index (χ3n) is 4.36. The number of benzene rings is 2. The molecule has 2 heterocycles. The zero-order valence-corrected chi connectivity index (χ0v) is 15.1. The molecule has 0 saturated carbocycles. The number of nitriles is 1. The standard InChI is InChI=1S/C21H13F2N5O/c1-11-12(10-24)2-6-18(25-11)21(29)26-14-4-7-17-19(9-14)28-20(27-17)15-8-13(22)3-5-16(15)23/h2-9H,1H3,(H,26,29)(H,27,28). The van der Waals surface area contributed by atoms with E-state index in [4.69, 9.17) is 5.26 Å². The summed E-state index contributed by atoms with van der Waals surface area (Å²) in [5.74, 6) is -1.42. The Kier molecular flexibility index (Phi) is 4.49. The van der Waals surface area contributed by atoms with Gasteiger partial charge in [-0.2, -0.15) is 5.26 Å². The first-order valence-corrected chi connectivity index (χ1v) is 8.59. The van der Waals surface area contributed by atoms with Gasteiger partial charge in [-0.25, -0.2) is 18.7 Å². The van der Waals surface area contributed by atoms with Crippen LogP contribution in [0.2, 0.25) is 0 Å². The number of hydrogen-bond acceptors (Lipinski definition) is 4. The number of halogens is 2. The van der Waals surface area contributed by atoms with E-state index < -0.39 is 17.5 Å². The number of aromatic nitrogens is 3. The zero-order valence-electron chi connectivity index (χ0n) is 15.1. The number of imidazole rings is 1. The lowest BCUT2D eigenvalue weighted by Gasteiger charge is -2.06. The van der Waals surface area contributed by atoms with Crippen LogP contribution in [0.5, 0.6) is 0 Å². The van der Waals surface area contributed by atoms with Crippen molar-refractivity contribution in [1.29, 1.82) is 5.26 Å². The van der Waals surface area contributed by atoms with E-state index in [2.05, 4.69) is 20.3 Å². The van der Waals surface area contributed by atoms with Crippen LogP contribution in [0.3, 0.4) is 0 Å². The Morgan fingerprint density at radius 1 is 1.10 bits per heavy atom. The van der Waals surface area contributed by atoms with Crippen LogP contribution in [0.25, 0.3) is 22.4 Å². The molecule has 2 aromatic heterocycles. The molecule has 0 bridgehead atoms. The quantitative estimate of drug-likeness (QED) is 0.545. The molecule has 0 fully saturated rings. The number of anilines is 1. The summed E-state index contributed by atoms with van der Waals surface area (Å²) in [6.45, 7) is 1.65. The first kappa shape index (κ1) is 18.3. The topological polar surface area (TPSA) is 94.5 Å². The number of carbonyl (C=O) groups is 1. The molecule has 2 aromatic carbocycles. The maximum Gasteiger partial charge on any atom is 0.274 e. The number of amides is 1. The van der Waals surface area contributed by atoms with E-state index in [9.17, 15) is 13.6 Å². The van der Waals surface area contributed by atoms with Gasteiger partial charge < -0.3 is 10.3 Å². The minimum absolute atomic E-state index is 0.0176. The minimum atomic E-state index is -0.596. The Morgan fingerprint density at radius 3 is 2.69 bits per heavy atom. The summed E-state index contributed by atoms with van der Waals surface area (Å²) in [5.41, 5.74) is 2.61. The van der Waals surface area contributed by atoms with Gasteiger partial charge in [0.2, 0.25) is 0 Å².